The monoisotopic (exact) mass is 994 g/mol. The third kappa shape index (κ3) is 9.48. The van der Waals surface area contributed by atoms with Crippen LogP contribution in [-0.2, 0) is 14.8 Å². The van der Waals surface area contributed by atoms with Crippen LogP contribution in [0, 0.1) is 6.92 Å². The van der Waals surface area contributed by atoms with E-state index in [0.29, 0.717) is 77.0 Å². The maximum absolute atomic E-state index is 13.6. The van der Waals surface area contributed by atoms with Crippen LogP contribution in [0.5, 0.6) is 11.5 Å². The predicted octanol–water partition coefficient (Wildman–Crippen LogP) is 9.10. The molecule has 8 aromatic heterocycles. The molecule has 0 unspecified atom stereocenters. The van der Waals surface area contributed by atoms with Gasteiger partial charge in [0.1, 0.15) is 34.4 Å². The molecule has 72 heavy (non-hydrogen) atoms. The van der Waals surface area contributed by atoms with Crippen molar-refractivity contribution in [2.75, 3.05) is 63.3 Å². The molecule has 0 radical (unpaired) electrons. The van der Waals surface area contributed by atoms with Crippen LogP contribution in [0.1, 0.15) is 54.5 Å². The zero-order valence-electron chi connectivity index (χ0n) is 40.3. The Hall–Kier alpha value is -8.00. The molecule has 10 heterocycles. The minimum absolute atomic E-state index is 0. The summed E-state index contributed by atoms with van der Waals surface area (Å²) < 4.78 is 45.1. The number of nitrogens with zero attached hydrogens (tertiary/aromatic N) is 12. The topological polar surface area (TPSA) is 212 Å². The molecule has 2 aliphatic heterocycles. The maximum Gasteiger partial charge on any atom is 0.410 e. The van der Waals surface area contributed by atoms with Crippen LogP contribution < -0.4 is 19.3 Å². The number of piperidine rings is 1. The molecular formula is C52H59N13O6S. The highest BCUT2D eigenvalue weighted by Crippen LogP contribution is 2.38. The van der Waals surface area contributed by atoms with Crippen LogP contribution in [0.2, 0.25) is 0 Å². The number of benzene rings is 1. The average molecular weight is 995 g/mol. The number of hydrogen-bond donors (Lipinski definition) is 1. The summed E-state index contributed by atoms with van der Waals surface area (Å²) in [4.78, 5) is 59.2. The molecule has 374 valence electrons. The van der Waals surface area contributed by atoms with E-state index < -0.39 is 15.6 Å². The summed E-state index contributed by atoms with van der Waals surface area (Å²) in [6, 6.07) is 14.1. The van der Waals surface area contributed by atoms with Crippen molar-refractivity contribution in [3.05, 3.63) is 104 Å². The summed E-state index contributed by atoms with van der Waals surface area (Å²) in [5.74, 6) is 3.86. The number of hydrogen-bond acceptors (Lipinski definition) is 16. The number of carbonyl (C=O) groups excluding carboxylic acids is 1. The summed E-state index contributed by atoms with van der Waals surface area (Å²) >= 11 is 0. The predicted molar refractivity (Wildman–Crippen MR) is 280 cm³/mol. The van der Waals surface area contributed by atoms with Crippen LogP contribution in [0.4, 0.5) is 16.4 Å². The number of anilines is 2. The Labute approximate surface area is 418 Å². The van der Waals surface area contributed by atoms with E-state index in [1.807, 2.05) is 46.0 Å². The number of amides is 1. The van der Waals surface area contributed by atoms with Gasteiger partial charge in [0.05, 0.1) is 65.7 Å². The number of piperazine rings is 1. The highest BCUT2D eigenvalue weighted by Gasteiger charge is 2.30. The number of methoxy groups -OCH3 is 2. The third-order valence-corrected chi connectivity index (χ3v) is 14.2. The van der Waals surface area contributed by atoms with Crippen molar-refractivity contribution in [2.24, 2.45) is 0 Å². The van der Waals surface area contributed by atoms with Gasteiger partial charge in [0, 0.05) is 87.4 Å². The molecule has 1 N–H and O–H groups in total. The fourth-order valence-corrected chi connectivity index (χ4v) is 10.3. The first-order chi connectivity index (χ1) is 34.3. The fraction of sp³-hybridized carbons (Fsp3) is 0.327. The van der Waals surface area contributed by atoms with E-state index in [-0.39, 0.29) is 25.5 Å². The largest absolute Gasteiger partial charge is 0.494 e. The lowest BCUT2D eigenvalue weighted by Crippen LogP contribution is -2.50. The molecule has 9 aromatic rings. The first kappa shape index (κ1) is 49.0. The fourth-order valence-electron chi connectivity index (χ4n) is 9.00. The summed E-state index contributed by atoms with van der Waals surface area (Å²) in [6.45, 7) is 11.3. The zero-order chi connectivity index (χ0) is 49.4. The second-order valence-electron chi connectivity index (χ2n) is 18.3. The Kier molecular flexibility index (Phi) is 13.6. The van der Waals surface area contributed by atoms with E-state index in [1.54, 1.807) is 92.7 Å². The quantitative estimate of drug-likeness (QED) is 0.150. The number of pyridine rings is 4. The lowest BCUT2D eigenvalue weighted by Gasteiger charge is -2.36. The summed E-state index contributed by atoms with van der Waals surface area (Å²) in [7, 11) is -0.664. The molecular weight excluding hydrogens is 935 g/mol. The number of aromatic amines is 1. The van der Waals surface area contributed by atoms with E-state index in [0.717, 1.165) is 52.0 Å². The minimum Gasteiger partial charge on any atom is -0.494 e. The van der Waals surface area contributed by atoms with E-state index in [2.05, 4.69) is 34.7 Å². The van der Waals surface area contributed by atoms with Gasteiger partial charge in [-0.1, -0.05) is 25.1 Å². The number of fused-ring (bicyclic) bond motifs is 4. The molecule has 2 aliphatic rings. The number of aryl methyl sites for hydroxylation is 1. The van der Waals surface area contributed by atoms with Gasteiger partial charge >= 0.3 is 6.09 Å². The number of nitrogens with one attached hydrogen (secondary N) is 1. The molecule has 1 aromatic carbocycles. The Balaban J connectivity index is 0.000000210. The molecule has 2 fully saturated rings. The average Bonchev–Trinajstić information content (AvgIpc) is 4.07. The highest BCUT2D eigenvalue weighted by molar-refractivity contribution is 7.90. The van der Waals surface area contributed by atoms with Gasteiger partial charge in [0.15, 0.2) is 17.3 Å². The van der Waals surface area contributed by atoms with Gasteiger partial charge in [-0.05, 0) is 83.4 Å². The van der Waals surface area contributed by atoms with Crippen molar-refractivity contribution in [3.63, 3.8) is 0 Å². The SMILES string of the molecule is C.COc1cncc2nc(-c3ccnc4[nH]ccc34)nc(N3CCCCC3)c12.COc1cncc2nc(-c3ccnc4c3ccn4S(=O)(=O)c3ccc(C)cc3)nc(N3CCN(C(=O)OC(C)(C)C)CC3)c12.[2HH]. The maximum atomic E-state index is 13.6. The Morgan fingerprint density at radius 2 is 1.25 bits per heavy atom. The number of aromatic nitrogens is 10. The second kappa shape index (κ2) is 20.0. The van der Waals surface area contributed by atoms with E-state index in [1.165, 1.54) is 29.4 Å². The van der Waals surface area contributed by atoms with Crippen molar-refractivity contribution in [3.8, 4) is 34.3 Å². The molecule has 0 atom stereocenters. The van der Waals surface area contributed by atoms with E-state index in [9.17, 15) is 13.2 Å². The van der Waals surface area contributed by atoms with Crippen molar-refractivity contribution >= 4 is 71.6 Å². The first-order valence-electron chi connectivity index (χ1n) is 23.4. The normalized spacial score (nSPS) is 14.3. The standard InChI is InChI=1S/C31H33N7O5S.C20H20N6O.CH4.H2/c1-20-6-8-21(9-7-20)44(40,41)38-13-11-23-22(10-12-33-28(23)38)27-34-24-18-32-19-25(42-5)26(24)29(35-27)36-14-16-37(17-15-36)30(39)43-31(2,3)4;1-27-16-12-21-11-15-17(16)20(26-9-3-2-4-10-26)25-19(24-15)14-6-8-23-18-13(14)5-7-22-18;;/h6-13,18-19H,14-17H2,1-5H3;5-8,11-12H,2-4,9-10H2,1H3,(H,22,23);1H4;1H/i;;;1+1. The molecule has 11 rings (SSSR count). The van der Waals surface area contributed by atoms with Gasteiger partial charge in [0.25, 0.3) is 10.0 Å². The van der Waals surface area contributed by atoms with Crippen LogP contribution in [0.25, 0.3) is 66.6 Å². The van der Waals surface area contributed by atoms with Crippen LogP contribution in [0.15, 0.2) is 103 Å². The molecule has 2 saturated heterocycles. The third-order valence-electron chi connectivity index (χ3n) is 12.5. The van der Waals surface area contributed by atoms with E-state index >= 15 is 0 Å². The Morgan fingerprint density at radius 3 is 1.83 bits per heavy atom. The Bertz CT molecular complexity index is 3550. The van der Waals surface area contributed by atoms with Gasteiger partial charge in [-0.15, -0.1) is 0 Å². The second-order valence-corrected chi connectivity index (χ2v) is 20.2. The van der Waals surface area contributed by atoms with Crippen molar-refractivity contribution in [1.82, 2.24) is 53.7 Å². The number of carbonyl (C=O) groups is 1. The highest BCUT2D eigenvalue weighted by atomic mass is 32.2. The van der Waals surface area contributed by atoms with Crippen LogP contribution in [-0.4, -0.2) is 127 Å². The summed E-state index contributed by atoms with van der Waals surface area (Å²) in [5.41, 5.74) is 4.41. The van der Waals surface area contributed by atoms with Crippen LogP contribution >= 0.6 is 0 Å². The van der Waals surface area contributed by atoms with E-state index in [4.69, 9.17) is 34.1 Å². The Morgan fingerprint density at radius 1 is 0.681 bits per heavy atom. The van der Waals surface area contributed by atoms with Gasteiger partial charge in [0.2, 0.25) is 0 Å². The van der Waals surface area contributed by atoms with Gasteiger partial charge in [-0.2, -0.15) is 0 Å². The lowest BCUT2D eigenvalue weighted by atomic mass is 10.1. The minimum atomic E-state index is -3.89. The van der Waals surface area contributed by atoms with Gasteiger partial charge < -0.3 is 33.9 Å². The molecule has 19 nitrogen and oxygen atoms in total. The van der Waals surface area contributed by atoms with Gasteiger partial charge in [-0.25, -0.2) is 47.1 Å². The molecule has 0 bridgehead atoms. The molecule has 0 spiro atoms. The smallest absolute Gasteiger partial charge is 0.410 e. The van der Waals surface area contributed by atoms with Crippen molar-refractivity contribution in [1.29, 1.82) is 0 Å². The zero-order valence-corrected chi connectivity index (χ0v) is 41.1. The summed E-state index contributed by atoms with van der Waals surface area (Å²) in [5, 5.41) is 3.22. The number of rotatable bonds is 8. The number of H-pyrrole nitrogens is 1. The lowest BCUT2D eigenvalue weighted by molar-refractivity contribution is 0.0240. The first-order valence-corrected chi connectivity index (χ1v) is 24.8. The summed E-state index contributed by atoms with van der Waals surface area (Å²) in [6.07, 6.45) is 16.8. The number of ether oxygens (including phenoxy) is 3. The van der Waals surface area contributed by atoms with Gasteiger partial charge in [-0.3, -0.25) is 9.97 Å². The molecule has 0 saturated carbocycles. The van der Waals surface area contributed by atoms with Crippen molar-refractivity contribution < 1.29 is 28.8 Å². The van der Waals surface area contributed by atoms with Crippen molar-refractivity contribution in [2.45, 2.75) is 64.9 Å². The molecule has 20 heteroatoms. The van der Waals surface area contributed by atoms with Crippen LogP contribution in [0.3, 0.4) is 0 Å². The molecule has 0 aliphatic carbocycles. The molecule has 1 amide bonds.